The molecule has 22 heavy (non-hydrogen) atoms. The number of amides is 2. The molecule has 2 rings (SSSR count). The molecule has 2 heterocycles. The zero-order chi connectivity index (χ0) is 16.3. The molecule has 2 aromatic rings. The molecule has 0 fully saturated rings. The van der Waals surface area contributed by atoms with Crippen LogP contribution in [0.4, 0.5) is 23.8 Å². The van der Waals surface area contributed by atoms with Crippen LogP contribution in [0.2, 0.25) is 0 Å². The van der Waals surface area contributed by atoms with E-state index in [9.17, 15) is 18.0 Å². The van der Waals surface area contributed by atoms with Gasteiger partial charge in [-0.05, 0) is 31.5 Å². The number of anilines is 1. The quantitative estimate of drug-likeness (QED) is 0.905. The van der Waals surface area contributed by atoms with Crippen LogP contribution in [-0.2, 0) is 12.7 Å². The molecule has 0 bridgehead atoms. The third-order valence-corrected chi connectivity index (χ3v) is 3.43. The van der Waals surface area contributed by atoms with Crippen LogP contribution in [0, 0.1) is 13.8 Å². The number of alkyl halides is 3. The molecule has 0 aliphatic heterocycles. The van der Waals surface area contributed by atoms with E-state index in [1.54, 1.807) is 13.0 Å². The van der Waals surface area contributed by atoms with Crippen molar-refractivity contribution >= 4 is 23.2 Å². The first-order valence-corrected chi connectivity index (χ1v) is 7.14. The zero-order valence-corrected chi connectivity index (χ0v) is 12.6. The van der Waals surface area contributed by atoms with Gasteiger partial charge in [-0.2, -0.15) is 13.2 Å². The van der Waals surface area contributed by atoms with Gasteiger partial charge in [-0.3, -0.25) is 5.32 Å². The Morgan fingerprint density at radius 2 is 2.00 bits per heavy atom. The third kappa shape index (κ3) is 4.42. The second kappa shape index (κ2) is 6.30. The van der Waals surface area contributed by atoms with Crippen molar-refractivity contribution < 1.29 is 18.0 Å². The second-order valence-corrected chi connectivity index (χ2v) is 5.55. The highest BCUT2D eigenvalue weighted by Gasteiger charge is 2.33. The van der Waals surface area contributed by atoms with Crippen molar-refractivity contribution in [2.75, 3.05) is 5.32 Å². The van der Waals surface area contributed by atoms with Crippen molar-refractivity contribution in [3.8, 4) is 0 Å². The SMILES string of the molecule is Cc1cc(C)nc(NC(=O)NCc2nc(C(F)(F)F)cs2)c1. The number of aromatic nitrogens is 2. The number of pyridine rings is 1. The van der Waals surface area contributed by atoms with Crippen LogP contribution < -0.4 is 10.6 Å². The van der Waals surface area contributed by atoms with Crippen LogP contribution in [0.3, 0.4) is 0 Å². The molecule has 0 aliphatic rings. The van der Waals surface area contributed by atoms with Crippen LogP contribution in [0.5, 0.6) is 0 Å². The van der Waals surface area contributed by atoms with Gasteiger partial charge in [0, 0.05) is 11.1 Å². The smallest absolute Gasteiger partial charge is 0.331 e. The summed E-state index contributed by atoms with van der Waals surface area (Å²) >= 11 is 0.840. The molecule has 118 valence electrons. The largest absolute Gasteiger partial charge is 0.434 e. The number of hydrogen-bond acceptors (Lipinski definition) is 4. The Kier molecular flexibility index (Phi) is 4.65. The Labute approximate surface area is 128 Å². The van der Waals surface area contributed by atoms with Gasteiger partial charge in [0.2, 0.25) is 0 Å². The highest BCUT2D eigenvalue weighted by molar-refractivity contribution is 7.09. The van der Waals surface area contributed by atoms with Crippen molar-refractivity contribution in [3.05, 3.63) is 39.5 Å². The topological polar surface area (TPSA) is 66.9 Å². The number of halogens is 3. The Hall–Kier alpha value is -2.16. The molecule has 0 saturated heterocycles. The lowest BCUT2D eigenvalue weighted by Crippen LogP contribution is -2.28. The molecule has 9 heteroatoms. The lowest BCUT2D eigenvalue weighted by molar-refractivity contribution is -0.140. The Bertz CT molecular complexity index is 664. The van der Waals surface area contributed by atoms with E-state index in [0.29, 0.717) is 5.82 Å². The van der Waals surface area contributed by atoms with E-state index >= 15 is 0 Å². The van der Waals surface area contributed by atoms with E-state index in [1.807, 2.05) is 13.0 Å². The molecular formula is C13H13F3N4OS. The number of aryl methyl sites for hydroxylation is 2. The minimum atomic E-state index is -4.47. The molecule has 0 saturated carbocycles. The van der Waals surface area contributed by atoms with E-state index in [4.69, 9.17) is 0 Å². The lowest BCUT2D eigenvalue weighted by atomic mass is 10.2. The average Bonchev–Trinajstić information content (AvgIpc) is 2.83. The Morgan fingerprint density at radius 3 is 2.59 bits per heavy atom. The molecular weight excluding hydrogens is 317 g/mol. The standard InChI is InChI=1S/C13H13F3N4OS/c1-7-3-8(2)18-10(4-7)20-12(21)17-5-11-19-9(6-22-11)13(14,15)16/h3-4,6H,5H2,1-2H3,(H2,17,18,20,21). The fraction of sp³-hybridized carbons (Fsp3) is 0.308. The molecule has 0 aliphatic carbocycles. The number of nitrogens with one attached hydrogen (secondary N) is 2. The summed E-state index contributed by atoms with van der Waals surface area (Å²) in [5, 5.41) is 6.06. The van der Waals surface area contributed by atoms with Crippen LogP contribution in [-0.4, -0.2) is 16.0 Å². The first kappa shape index (κ1) is 16.2. The van der Waals surface area contributed by atoms with Gasteiger partial charge in [0.05, 0.1) is 6.54 Å². The lowest BCUT2D eigenvalue weighted by Gasteiger charge is -2.07. The monoisotopic (exact) mass is 330 g/mol. The summed E-state index contributed by atoms with van der Waals surface area (Å²) in [6.45, 7) is 3.58. The molecule has 2 amide bonds. The minimum absolute atomic E-state index is 0.0859. The molecule has 0 unspecified atom stereocenters. The highest BCUT2D eigenvalue weighted by atomic mass is 32.1. The van der Waals surface area contributed by atoms with Gasteiger partial charge in [0.25, 0.3) is 0 Å². The van der Waals surface area contributed by atoms with Crippen molar-refractivity contribution in [1.29, 1.82) is 0 Å². The molecule has 2 N–H and O–H groups in total. The van der Waals surface area contributed by atoms with E-state index in [2.05, 4.69) is 20.6 Å². The summed E-state index contributed by atoms with van der Waals surface area (Å²) in [7, 11) is 0. The highest BCUT2D eigenvalue weighted by Crippen LogP contribution is 2.29. The van der Waals surface area contributed by atoms with Gasteiger partial charge >= 0.3 is 12.2 Å². The summed E-state index contributed by atoms with van der Waals surface area (Å²) in [5.74, 6) is 0.380. The normalized spacial score (nSPS) is 11.3. The van der Waals surface area contributed by atoms with Crippen LogP contribution in [0.25, 0.3) is 0 Å². The number of carbonyl (C=O) groups excluding carboxylic acids is 1. The van der Waals surface area contributed by atoms with Gasteiger partial charge in [-0.15, -0.1) is 11.3 Å². The minimum Gasteiger partial charge on any atom is -0.331 e. The summed E-state index contributed by atoms with van der Waals surface area (Å²) in [5.41, 5.74) is 0.744. The van der Waals surface area contributed by atoms with Gasteiger partial charge in [-0.25, -0.2) is 14.8 Å². The third-order valence-electron chi connectivity index (χ3n) is 2.58. The Morgan fingerprint density at radius 1 is 1.27 bits per heavy atom. The number of thiazole rings is 1. The maximum atomic E-state index is 12.4. The molecule has 2 aromatic heterocycles. The number of carbonyl (C=O) groups is 1. The van der Waals surface area contributed by atoms with E-state index in [-0.39, 0.29) is 11.6 Å². The zero-order valence-electron chi connectivity index (χ0n) is 11.8. The fourth-order valence-electron chi connectivity index (χ4n) is 1.74. The molecule has 0 atom stereocenters. The van der Waals surface area contributed by atoms with Crippen LogP contribution in [0.1, 0.15) is 22.0 Å². The number of urea groups is 1. The van der Waals surface area contributed by atoms with Gasteiger partial charge in [0.1, 0.15) is 10.8 Å². The maximum absolute atomic E-state index is 12.4. The van der Waals surface area contributed by atoms with Crippen LogP contribution in [0.15, 0.2) is 17.5 Å². The molecule has 5 nitrogen and oxygen atoms in total. The predicted molar refractivity (Wildman–Crippen MR) is 76.7 cm³/mol. The molecule has 0 aromatic carbocycles. The van der Waals surface area contributed by atoms with Crippen molar-refractivity contribution in [2.24, 2.45) is 0 Å². The number of hydrogen-bond donors (Lipinski definition) is 2. The van der Waals surface area contributed by atoms with Gasteiger partial charge < -0.3 is 5.32 Å². The van der Waals surface area contributed by atoms with Gasteiger partial charge in [-0.1, -0.05) is 0 Å². The number of rotatable bonds is 3. The predicted octanol–water partition coefficient (Wildman–Crippen LogP) is 3.50. The summed E-state index contributed by atoms with van der Waals surface area (Å²) in [4.78, 5) is 19.3. The maximum Gasteiger partial charge on any atom is 0.434 e. The second-order valence-electron chi connectivity index (χ2n) is 4.60. The van der Waals surface area contributed by atoms with Crippen molar-refractivity contribution in [1.82, 2.24) is 15.3 Å². The Balaban J connectivity index is 1.91. The first-order valence-electron chi connectivity index (χ1n) is 6.26. The number of nitrogens with zero attached hydrogens (tertiary/aromatic N) is 2. The summed E-state index contributed by atoms with van der Waals surface area (Å²) < 4.78 is 37.2. The first-order chi connectivity index (χ1) is 10.2. The van der Waals surface area contributed by atoms with Crippen LogP contribution >= 0.6 is 11.3 Å². The fourth-order valence-corrected chi connectivity index (χ4v) is 2.48. The summed E-state index contributed by atoms with van der Waals surface area (Å²) in [6, 6.07) is 3.00. The summed E-state index contributed by atoms with van der Waals surface area (Å²) in [6.07, 6.45) is -4.47. The van der Waals surface area contributed by atoms with Crippen molar-refractivity contribution in [3.63, 3.8) is 0 Å². The average molecular weight is 330 g/mol. The van der Waals surface area contributed by atoms with E-state index < -0.39 is 17.9 Å². The van der Waals surface area contributed by atoms with Gasteiger partial charge in [0.15, 0.2) is 5.69 Å². The molecule has 0 radical (unpaired) electrons. The van der Waals surface area contributed by atoms with Crippen molar-refractivity contribution in [2.45, 2.75) is 26.6 Å². The van der Waals surface area contributed by atoms with E-state index in [1.165, 1.54) is 0 Å². The molecule has 0 spiro atoms. The van der Waals surface area contributed by atoms with E-state index in [0.717, 1.165) is 28.0 Å².